The summed E-state index contributed by atoms with van der Waals surface area (Å²) >= 11 is 0. The number of aliphatic hydroxyl groups is 1. The predicted octanol–water partition coefficient (Wildman–Crippen LogP) is 0.808. The van der Waals surface area contributed by atoms with Crippen molar-refractivity contribution >= 4 is 17.0 Å². The topological polar surface area (TPSA) is 113 Å². The highest BCUT2D eigenvalue weighted by atomic mass is 16.9. The van der Waals surface area contributed by atoms with Crippen LogP contribution in [0.4, 0.5) is 5.82 Å². The molecular formula is C17H23N5O5. The van der Waals surface area contributed by atoms with Gasteiger partial charge >= 0.3 is 0 Å². The van der Waals surface area contributed by atoms with Crippen molar-refractivity contribution in [3.05, 3.63) is 24.3 Å². The van der Waals surface area contributed by atoms with Crippen LogP contribution >= 0.6 is 0 Å². The second kappa shape index (κ2) is 7.49. The molecule has 2 fully saturated rings. The van der Waals surface area contributed by atoms with Crippen LogP contribution in [0, 0.1) is 0 Å². The van der Waals surface area contributed by atoms with Crippen molar-refractivity contribution in [2.75, 3.05) is 25.6 Å². The summed E-state index contributed by atoms with van der Waals surface area (Å²) in [7, 11) is 1.50. The molecule has 0 spiro atoms. The van der Waals surface area contributed by atoms with Crippen molar-refractivity contribution in [2.45, 2.75) is 44.9 Å². The monoisotopic (exact) mass is 377 g/mol. The van der Waals surface area contributed by atoms with Crippen LogP contribution in [-0.4, -0.2) is 69.7 Å². The number of methoxy groups -OCH3 is 1. The maximum atomic E-state index is 9.62. The summed E-state index contributed by atoms with van der Waals surface area (Å²) in [6.45, 7) is 3.74. The molecule has 2 saturated heterocycles. The fourth-order valence-electron chi connectivity index (χ4n) is 3.31. The Morgan fingerprint density at radius 2 is 2.07 bits per heavy atom. The average molecular weight is 377 g/mol. The van der Waals surface area contributed by atoms with E-state index in [4.69, 9.17) is 18.9 Å². The summed E-state index contributed by atoms with van der Waals surface area (Å²) in [4.78, 5) is 13.1. The molecule has 2 aliphatic rings. The summed E-state index contributed by atoms with van der Waals surface area (Å²) in [5, 5.41) is 12.9. The number of nitrogens with zero attached hydrogens (tertiary/aromatic N) is 4. The molecule has 0 amide bonds. The first kappa shape index (κ1) is 18.3. The van der Waals surface area contributed by atoms with Gasteiger partial charge in [0.2, 0.25) is 0 Å². The van der Waals surface area contributed by atoms with Gasteiger partial charge in [0.1, 0.15) is 24.6 Å². The van der Waals surface area contributed by atoms with Gasteiger partial charge in [0.15, 0.2) is 23.2 Å². The van der Waals surface area contributed by atoms with Crippen LogP contribution in [0.2, 0.25) is 0 Å². The number of ether oxygens (including phenoxy) is 4. The van der Waals surface area contributed by atoms with Crippen molar-refractivity contribution in [2.24, 2.45) is 0 Å². The standard InChI is InChI=1S/C17H23N5O5/c1-9(2)4-5-18-14-11-15(20-7-19-14)22(8-21-11)16-13-12(10(6-23)25-16)26-17(24-3)27-13/h4,7-8,10,12-13,16-17,23H,5-6H2,1-3H3,(H,18,19,20)/t10-,12-,13-,16-,17?/m1/s1. The Hall–Kier alpha value is -2.11. The van der Waals surface area contributed by atoms with E-state index in [1.165, 1.54) is 19.0 Å². The maximum absolute atomic E-state index is 9.62. The molecule has 0 radical (unpaired) electrons. The van der Waals surface area contributed by atoms with E-state index < -0.39 is 31.0 Å². The molecule has 2 aromatic rings. The zero-order valence-electron chi connectivity index (χ0n) is 15.4. The largest absolute Gasteiger partial charge is 0.394 e. The number of allylic oxidation sites excluding steroid dienone is 1. The van der Waals surface area contributed by atoms with E-state index in [9.17, 15) is 5.11 Å². The Morgan fingerprint density at radius 1 is 1.26 bits per heavy atom. The zero-order chi connectivity index (χ0) is 19.0. The van der Waals surface area contributed by atoms with Crippen molar-refractivity contribution in [1.29, 1.82) is 0 Å². The minimum atomic E-state index is -0.786. The highest BCUT2D eigenvalue weighted by Gasteiger charge is 2.53. The molecule has 0 bridgehead atoms. The quantitative estimate of drug-likeness (QED) is 0.706. The molecular weight excluding hydrogens is 354 g/mol. The van der Waals surface area contributed by atoms with E-state index >= 15 is 0 Å². The smallest absolute Gasteiger partial charge is 0.272 e. The van der Waals surface area contributed by atoms with Gasteiger partial charge in [-0.2, -0.15) is 0 Å². The van der Waals surface area contributed by atoms with Gasteiger partial charge < -0.3 is 29.4 Å². The number of hydrogen-bond acceptors (Lipinski definition) is 9. The maximum Gasteiger partial charge on any atom is 0.272 e. The lowest BCUT2D eigenvalue weighted by Crippen LogP contribution is -2.31. The number of aliphatic hydroxyl groups excluding tert-OH is 1. The van der Waals surface area contributed by atoms with Gasteiger partial charge in [-0.25, -0.2) is 15.0 Å². The van der Waals surface area contributed by atoms with E-state index in [0.717, 1.165) is 0 Å². The SMILES string of the molecule is COC1O[C@@H]2[C@H](O1)[C@@H](CO)O[C@H]2n1cnc2c(NCC=C(C)C)ncnc21. The molecule has 27 heavy (non-hydrogen) atoms. The lowest BCUT2D eigenvalue weighted by atomic mass is 10.1. The summed E-state index contributed by atoms with van der Waals surface area (Å²) < 4.78 is 24.3. The molecule has 5 atom stereocenters. The Labute approximate surface area is 156 Å². The van der Waals surface area contributed by atoms with Gasteiger partial charge in [0.25, 0.3) is 6.48 Å². The van der Waals surface area contributed by atoms with Gasteiger partial charge in [-0.1, -0.05) is 11.6 Å². The molecule has 1 unspecified atom stereocenters. The number of anilines is 1. The van der Waals surface area contributed by atoms with E-state index in [1.54, 1.807) is 10.9 Å². The number of rotatable bonds is 6. The lowest BCUT2D eigenvalue weighted by molar-refractivity contribution is -0.256. The summed E-state index contributed by atoms with van der Waals surface area (Å²) in [5.41, 5.74) is 2.45. The average Bonchev–Trinajstić information content (AvgIpc) is 3.34. The number of nitrogens with one attached hydrogen (secondary N) is 1. The van der Waals surface area contributed by atoms with E-state index in [0.29, 0.717) is 23.5 Å². The molecule has 0 aliphatic carbocycles. The number of imidazole rings is 1. The third-order valence-corrected chi connectivity index (χ3v) is 4.61. The van der Waals surface area contributed by atoms with Crippen LogP contribution in [0.1, 0.15) is 20.1 Å². The first-order chi connectivity index (χ1) is 13.1. The van der Waals surface area contributed by atoms with Gasteiger partial charge in [-0.15, -0.1) is 0 Å². The molecule has 0 saturated carbocycles. The third kappa shape index (κ3) is 3.30. The third-order valence-electron chi connectivity index (χ3n) is 4.61. The lowest BCUT2D eigenvalue weighted by Gasteiger charge is -2.19. The molecule has 2 aromatic heterocycles. The molecule has 146 valence electrons. The fraction of sp³-hybridized carbons (Fsp3) is 0.588. The van der Waals surface area contributed by atoms with Crippen LogP contribution in [-0.2, 0) is 18.9 Å². The highest BCUT2D eigenvalue weighted by Crippen LogP contribution is 2.40. The van der Waals surface area contributed by atoms with Crippen molar-refractivity contribution in [1.82, 2.24) is 19.5 Å². The van der Waals surface area contributed by atoms with Crippen LogP contribution in [0.15, 0.2) is 24.3 Å². The first-order valence-corrected chi connectivity index (χ1v) is 8.77. The predicted molar refractivity (Wildman–Crippen MR) is 94.8 cm³/mol. The van der Waals surface area contributed by atoms with Crippen LogP contribution < -0.4 is 5.32 Å². The van der Waals surface area contributed by atoms with E-state index in [2.05, 4.69) is 26.3 Å². The van der Waals surface area contributed by atoms with Gasteiger partial charge in [-0.3, -0.25) is 4.57 Å². The minimum Gasteiger partial charge on any atom is -0.394 e. The Balaban J connectivity index is 1.63. The molecule has 0 aromatic carbocycles. The van der Waals surface area contributed by atoms with Gasteiger partial charge in [0, 0.05) is 13.7 Å². The van der Waals surface area contributed by atoms with Crippen LogP contribution in [0.5, 0.6) is 0 Å². The summed E-state index contributed by atoms with van der Waals surface area (Å²) in [6, 6.07) is 0. The van der Waals surface area contributed by atoms with Crippen molar-refractivity contribution < 1.29 is 24.1 Å². The second-order valence-electron chi connectivity index (χ2n) is 6.68. The molecule has 4 rings (SSSR count). The summed E-state index contributed by atoms with van der Waals surface area (Å²) in [5.74, 6) is 0.642. The normalized spacial score (nSPS) is 29.9. The van der Waals surface area contributed by atoms with Gasteiger partial charge in [0.05, 0.1) is 12.9 Å². The van der Waals surface area contributed by atoms with Crippen molar-refractivity contribution in [3.63, 3.8) is 0 Å². The van der Waals surface area contributed by atoms with Crippen LogP contribution in [0.3, 0.4) is 0 Å². The van der Waals surface area contributed by atoms with E-state index in [-0.39, 0.29) is 6.61 Å². The number of aromatic nitrogens is 4. The Morgan fingerprint density at radius 3 is 2.81 bits per heavy atom. The minimum absolute atomic E-state index is 0.186. The summed E-state index contributed by atoms with van der Waals surface area (Å²) in [6.07, 6.45) is 3.24. The molecule has 10 heteroatoms. The first-order valence-electron chi connectivity index (χ1n) is 8.77. The van der Waals surface area contributed by atoms with Gasteiger partial charge in [-0.05, 0) is 13.8 Å². The number of fused-ring (bicyclic) bond motifs is 2. The van der Waals surface area contributed by atoms with Crippen molar-refractivity contribution in [3.8, 4) is 0 Å². The zero-order valence-corrected chi connectivity index (χ0v) is 15.4. The molecule has 2 aliphatic heterocycles. The molecule has 4 heterocycles. The Bertz CT molecular complexity index is 836. The van der Waals surface area contributed by atoms with Crippen LogP contribution in [0.25, 0.3) is 11.2 Å². The highest BCUT2D eigenvalue weighted by molar-refractivity contribution is 5.82. The Kier molecular flexibility index (Phi) is 5.06. The second-order valence-corrected chi connectivity index (χ2v) is 6.68. The molecule has 10 nitrogen and oxygen atoms in total. The fourth-order valence-corrected chi connectivity index (χ4v) is 3.31. The number of hydrogen-bond donors (Lipinski definition) is 2. The molecule has 2 N–H and O–H groups in total. The van der Waals surface area contributed by atoms with E-state index in [1.807, 2.05) is 13.8 Å².